The average molecular weight is 463 g/mol. The van der Waals surface area contributed by atoms with E-state index in [4.69, 9.17) is 9.47 Å². The molecule has 2 fully saturated rings. The SMILES string of the molecule is CC(C)[C@@H]1CC[C@@H](C)C[C@H]1OC(=O)NN(C(=O)O[C@@H]1C[C@H](C)CC[C@H]1C(C)C)C1C=CCC1. The van der Waals surface area contributed by atoms with Crippen molar-refractivity contribution in [2.24, 2.45) is 35.5 Å². The molecular weight excluding hydrogens is 416 g/mol. The van der Waals surface area contributed by atoms with E-state index in [2.05, 4.69) is 53.0 Å². The van der Waals surface area contributed by atoms with E-state index >= 15 is 0 Å². The van der Waals surface area contributed by atoms with E-state index in [1.165, 1.54) is 17.9 Å². The van der Waals surface area contributed by atoms with Crippen LogP contribution in [0.5, 0.6) is 0 Å². The highest BCUT2D eigenvalue weighted by atomic mass is 16.6. The highest BCUT2D eigenvalue weighted by Gasteiger charge is 2.38. The number of nitrogens with one attached hydrogen (secondary N) is 1. The largest absolute Gasteiger partial charge is 0.445 e. The minimum Gasteiger partial charge on any atom is -0.445 e. The first-order valence-electron chi connectivity index (χ1n) is 13.3. The van der Waals surface area contributed by atoms with E-state index in [-0.39, 0.29) is 18.2 Å². The van der Waals surface area contributed by atoms with Gasteiger partial charge < -0.3 is 9.47 Å². The second kappa shape index (κ2) is 11.6. The molecule has 6 heteroatoms. The summed E-state index contributed by atoms with van der Waals surface area (Å²) >= 11 is 0. The molecule has 0 heterocycles. The van der Waals surface area contributed by atoms with Crippen molar-refractivity contribution in [2.45, 2.75) is 111 Å². The van der Waals surface area contributed by atoms with E-state index in [1.54, 1.807) is 0 Å². The van der Waals surface area contributed by atoms with Crippen LogP contribution in [0, 0.1) is 35.5 Å². The molecule has 1 N–H and O–H groups in total. The first kappa shape index (κ1) is 25.9. The van der Waals surface area contributed by atoms with Gasteiger partial charge in [-0.2, -0.15) is 0 Å². The van der Waals surface area contributed by atoms with Crippen molar-refractivity contribution in [1.29, 1.82) is 0 Å². The number of carbonyl (C=O) groups excluding carboxylic acids is 2. The normalized spacial score (nSPS) is 34.4. The molecule has 7 atom stereocenters. The lowest BCUT2D eigenvalue weighted by Gasteiger charge is -2.39. The first-order chi connectivity index (χ1) is 15.7. The molecule has 3 rings (SSSR count). The molecular formula is C27H46N2O4. The van der Waals surface area contributed by atoms with E-state index in [0.717, 1.165) is 38.5 Å². The van der Waals surface area contributed by atoms with Gasteiger partial charge in [0.1, 0.15) is 12.2 Å². The highest BCUT2D eigenvalue weighted by molar-refractivity contribution is 5.74. The Morgan fingerprint density at radius 3 is 1.88 bits per heavy atom. The number of rotatable bonds is 5. The molecule has 0 spiro atoms. The van der Waals surface area contributed by atoms with Gasteiger partial charge in [-0.1, -0.05) is 66.5 Å². The van der Waals surface area contributed by atoms with Gasteiger partial charge in [0.15, 0.2) is 0 Å². The van der Waals surface area contributed by atoms with Gasteiger partial charge in [0.2, 0.25) is 0 Å². The maximum absolute atomic E-state index is 13.3. The minimum atomic E-state index is -0.547. The second-order valence-corrected chi connectivity index (χ2v) is 11.6. The number of hydrogen-bond donors (Lipinski definition) is 1. The summed E-state index contributed by atoms with van der Waals surface area (Å²) in [4.78, 5) is 26.3. The standard InChI is InChI=1S/C27H46N2O4/c1-17(2)22-13-11-19(5)15-24(22)32-26(30)28-29(21-9-7-8-10-21)27(31)33-25-16-20(6)12-14-23(25)18(3)4/h7,9,17-25H,8,10-16H2,1-6H3,(H,28,30)/t19-,20-,21?,22+,23+,24-,25-/m1/s1. The maximum atomic E-state index is 13.3. The van der Waals surface area contributed by atoms with Crippen molar-refractivity contribution in [3.8, 4) is 0 Å². The average Bonchev–Trinajstić information content (AvgIpc) is 3.26. The lowest BCUT2D eigenvalue weighted by Crippen LogP contribution is -2.53. The highest BCUT2D eigenvalue weighted by Crippen LogP contribution is 2.37. The summed E-state index contributed by atoms with van der Waals surface area (Å²) in [5.74, 6) is 2.70. The lowest BCUT2D eigenvalue weighted by atomic mass is 9.75. The van der Waals surface area contributed by atoms with E-state index in [9.17, 15) is 9.59 Å². The van der Waals surface area contributed by atoms with Gasteiger partial charge in [-0.3, -0.25) is 0 Å². The smallest absolute Gasteiger partial charge is 0.429 e. The number of allylic oxidation sites excluding steroid dienone is 1. The Morgan fingerprint density at radius 1 is 0.848 bits per heavy atom. The Balaban J connectivity index is 1.67. The first-order valence-corrected chi connectivity index (χ1v) is 13.3. The predicted molar refractivity (Wildman–Crippen MR) is 130 cm³/mol. The fourth-order valence-electron chi connectivity index (χ4n) is 6.04. The quantitative estimate of drug-likeness (QED) is 0.364. The number of hydrazine groups is 1. The van der Waals surface area contributed by atoms with Gasteiger partial charge in [0.25, 0.3) is 0 Å². The summed E-state index contributed by atoms with van der Waals surface area (Å²) in [5, 5.41) is 1.37. The molecule has 3 aliphatic carbocycles. The third-order valence-corrected chi connectivity index (χ3v) is 8.16. The van der Waals surface area contributed by atoms with E-state index in [0.29, 0.717) is 35.5 Å². The van der Waals surface area contributed by atoms with Crippen LogP contribution in [-0.2, 0) is 9.47 Å². The molecule has 0 aromatic carbocycles. The van der Waals surface area contributed by atoms with Gasteiger partial charge in [0.05, 0.1) is 6.04 Å². The summed E-state index contributed by atoms with van der Waals surface area (Å²) in [6.45, 7) is 13.2. The minimum absolute atomic E-state index is 0.114. The Kier molecular flexibility index (Phi) is 9.11. The molecule has 0 aromatic rings. The number of hydrogen-bond acceptors (Lipinski definition) is 4. The number of amides is 2. The molecule has 188 valence electrons. The summed E-state index contributed by atoms with van der Waals surface area (Å²) in [5.41, 5.74) is 2.77. The van der Waals surface area contributed by atoms with Crippen LogP contribution in [-0.4, -0.2) is 35.4 Å². The Labute approximate surface area is 200 Å². The van der Waals surface area contributed by atoms with Crippen LogP contribution in [0.2, 0.25) is 0 Å². The Bertz CT molecular complexity index is 692. The molecule has 0 aliphatic heterocycles. The number of carbonyl (C=O) groups is 2. The zero-order valence-electron chi connectivity index (χ0n) is 21.6. The van der Waals surface area contributed by atoms with Crippen molar-refractivity contribution >= 4 is 12.2 Å². The van der Waals surface area contributed by atoms with Crippen LogP contribution in [0.1, 0.15) is 92.9 Å². The molecule has 0 bridgehead atoms. The van der Waals surface area contributed by atoms with Crippen LogP contribution in [0.15, 0.2) is 12.2 Å². The number of nitrogens with zero attached hydrogens (tertiary/aromatic N) is 1. The van der Waals surface area contributed by atoms with Gasteiger partial charge in [-0.15, -0.1) is 0 Å². The molecule has 6 nitrogen and oxygen atoms in total. The van der Waals surface area contributed by atoms with Crippen LogP contribution in [0.3, 0.4) is 0 Å². The molecule has 2 saturated carbocycles. The summed E-state index contributed by atoms with van der Waals surface area (Å²) in [6, 6.07) is -0.199. The van der Waals surface area contributed by atoms with Gasteiger partial charge >= 0.3 is 12.2 Å². The van der Waals surface area contributed by atoms with Crippen LogP contribution < -0.4 is 5.43 Å². The van der Waals surface area contributed by atoms with E-state index < -0.39 is 12.2 Å². The number of ether oxygens (including phenoxy) is 2. The monoisotopic (exact) mass is 462 g/mol. The van der Waals surface area contributed by atoms with Gasteiger partial charge in [0, 0.05) is 0 Å². The molecule has 3 aliphatic rings. The van der Waals surface area contributed by atoms with E-state index in [1.807, 2.05) is 6.08 Å². The van der Waals surface area contributed by atoms with Crippen molar-refractivity contribution in [1.82, 2.24) is 10.4 Å². The zero-order chi connectivity index (χ0) is 24.1. The fourth-order valence-corrected chi connectivity index (χ4v) is 6.04. The van der Waals surface area contributed by atoms with Crippen molar-refractivity contribution < 1.29 is 19.1 Å². The van der Waals surface area contributed by atoms with Crippen molar-refractivity contribution in [3.05, 3.63) is 12.2 Å². The van der Waals surface area contributed by atoms with Crippen LogP contribution in [0.4, 0.5) is 9.59 Å². The molecule has 2 amide bonds. The van der Waals surface area contributed by atoms with Crippen LogP contribution in [0.25, 0.3) is 0 Å². The summed E-state index contributed by atoms with van der Waals surface area (Å²) in [7, 11) is 0. The maximum Gasteiger partial charge on any atom is 0.429 e. The van der Waals surface area contributed by atoms with Gasteiger partial charge in [-0.05, 0) is 74.0 Å². The zero-order valence-corrected chi connectivity index (χ0v) is 21.6. The molecule has 0 saturated heterocycles. The molecule has 1 unspecified atom stereocenters. The van der Waals surface area contributed by atoms with Crippen molar-refractivity contribution in [2.75, 3.05) is 0 Å². The molecule has 0 radical (unpaired) electrons. The second-order valence-electron chi connectivity index (χ2n) is 11.6. The molecule has 33 heavy (non-hydrogen) atoms. The summed E-state index contributed by atoms with van der Waals surface area (Å²) < 4.78 is 12.0. The Morgan fingerprint density at radius 2 is 1.39 bits per heavy atom. The van der Waals surface area contributed by atoms with Crippen LogP contribution >= 0.6 is 0 Å². The summed E-state index contributed by atoms with van der Waals surface area (Å²) in [6.07, 6.45) is 10.7. The predicted octanol–water partition coefficient (Wildman–Crippen LogP) is 6.71. The third-order valence-electron chi connectivity index (χ3n) is 8.16. The third kappa shape index (κ3) is 6.89. The van der Waals surface area contributed by atoms with Crippen molar-refractivity contribution in [3.63, 3.8) is 0 Å². The van der Waals surface area contributed by atoms with Gasteiger partial charge in [-0.25, -0.2) is 20.0 Å². The lowest BCUT2D eigenvalue weighted by molar-refractivity contribution is -0.0301. The molecule has 0 aromatic heterocycles. The Hall–Kier alpha value is -1.72. The topological polar surface area (TPSA) is 67.9 Å². The fraction of sp³-hybridized carbons (Fsp3) is 0.852.